The van der Waals surface area contributed by atoms with Gasteiger partial charge in [0.2, 0.25) is 5.91 Å². The summed E-state index contributed by atoms with van der Waals surface area (Å²) in [4.78, 5) is 30.5. The third-order valence-corrected chi connectivity index (χ3v) is 6.98. The number of methoxy groups -OCH3 is 1. The van der Waals surface area contributed by atoms with Gasteiger partial charge in [0.15, 0.2) is 0 Å². The highest BCUT2D eigenvalue weighted by Gasteiger charge is 2.32. The number of hydrogen-bond donors (Lipinski definition) is 1. The van der Waals surface area contributed by atoms with Crippen molar-refractivity contribution in [3.8, 4) is 0 Å². The van der Waals surface area contributed by atoms with Gasteiger partial charge in [-0.25, -0.2) is 0 Å². The van der Waals surface area contributed by atoms with Gasteiger partial charge in [-0.15, -0.1) is 11.3 Å². The van der Waals surface area contributed by atoms with Gasteiger partial charge in [-0.3, -0.25) is 14.5 Å². The number of amides is 2. The number of nitrogens with one attached hydrogen (secondary N) is 1. The molecule has 2 aliphatic rings. The van der Waals surface area contributed by atoms with Crippen LogP contribution in [0.15, 0.2) is 24.3 Å². The monoisotopic (exact) mass is 431 g/mol. The Kier molecular flexibility index (Phi) is 6.99. The molecule has 0 spiro atoms. The number of likely N-dealkylation sites (tertiary alicyclic amines) is 1. The van der Waals surface area contributed by atoms with E-state index in [-0.39, 0.29) is 17.7 Å². The summed E-state index contributed by atoms with van der Waals surface area (Å²) in [6.45, 7) is 5.56. The predicted molar refractivity (Wildman–Crippen MR) is 117 cm³/mol. The van der Waals surface area contributed by atoms with Gasteiger partial charge in [0, 0.05) is 43.9 Å². The minimum atomic E-state index is 0.0208. The van der Waals surface area contributed by atoms with E-state index >= 15 is 0 Å². The molecule has 2 fully saturated rings. The molecule has 2 aliphatic heterocycles. The smallest absolute Gasteiger partial charge is 0.264 e. The van der Waals surface area contributed by atoms with Crippen LogP contribution in [0, 0.1) is 0 Å². The number of rotatable bonds is 7. The summed E-state index contributed by atoms with van der Waals surface area (Å²) in [6.07, 6.45) is 0.954. The maximum Gasteiger partial charge on any atom is 0.264 e. The average Bonchev–Trinajstić information content (AvgIpc) is 3.38. The number of fused-ring (bicyclic) bond motifs is 1. The minimum Gasteiger partial charge on any atom is -0.383 e. The van der Waals surface area contributed by atoms with Crippen molar-refractivity contribution < 1.29 is 19.1 Å². The highest BCUT2D eigenvalue weighted by atomic mass is 32.1. The van der Waals surface area contributed by atoms with Crippen LogP contribution in [0.5, 0.6) is 0 Å². The molecular weight excluding hydrogens is 402 g/mol. The lowest BCUT2D eigenvalue weighted by molar-refractivity contribution is -0.122. The number of ether oxygens (including phenoxy) is 2. The topological polar surface area (TPSA) is 71.1 Å². The average molecular weight is 432 g/mol. The van der Waals surface area contributed by atoms with E-state index < -0.39 is 0 Å². The third-order valence-electron chi connectivity index (χ3n) is 5.80. The highest BCUT2D eigenvalue weighted by molar-refractivity contribution is 7.21. The number of morpholine rings is 1. The van der Waals surface area contributed by atoms with Crippen LogP contribution in [0.4, 0.5) is 0 Å². The van der Waals surface area contributed by atoms with Crippen LogP contribution in [0.2, 0.25) is 0 Å². The van der Waals surface area contributed by atoms with Crippen LogP contribution in [0.3, 0.4) is 0 Å². The van der Waals surface area contributed by atoms with Crippen molar-refractivity contribution in [2.75, 3.05) is 66.2 Å². The normalized spacial score (nSPS) is 20.0. The zero-order chi connectivity index (χ0) is 20.9. The second kappa shape index (κ2) is 9.87. The quantitative estimate of drug-likeness (QED) is 0.679. The summed E-state index contributed by atoms with van der Waals surface area (Å²) in [5, 5.41) is 4.06. The van der Waals surface area contributed by atoms with E-state index in [0.717, 1.165) is 34.7 Å². The molecule has 0 aliphatic carbocycles. The van der Waals surface area contributed by atoms with Crippen LogP contribution in [0.25, 0.3) is 10.1 Å². The minimum absolute atomic E-state index is 0.0208. The van der Waals surface area contributed by atoms with E-state index in [1.54, 1.807) is 18.4 Å². The molecule has 1 aromatic carbocycles. The molecule has 0 bridgehead atoms. The van der Waals surface area contributed by atoms with E-state index in [0.29, 0.717) is 46.0 Å². The Hall–Kier alpha value is -2.00. The first kappa shape index (κ1) is 21.2. The first-order valence-electron chi connectivity index (χ1n) is 10.5. The lowest BCUT2D eigenvalue weighted by atomic mass is 9.94. The van der Waals surface area contributed by atoms with Gasteiger partial charge >= 0.3 is 0 Å². The lowest BCUT2D eigenvalue weighted by Gasteiger charge is -2.27. The molecule has 2 saturated heterocycles. The molecule has 1 atom stereocenters. The zero-order valence-electron chi connectivity index (χ0n) is 17.4. The molecule has 4 rings (SSSR count). The number of benzene rings is 1. The molecule has 30 heavy (non-hydrogen) atoms. The molecular formula is C22H29N3O4S. The van der Waals surface area contributed by atoms with E-state index in [9.17, 15) is 9.59 Å². The fraction of sp³-hybridized carbons (Fsp3) is 0.545. The fourth-order valence-corrected chi connectivity index (χ4v) is 5.56. The van der Waals surface area contributed by atoms with Gasteiger partial charge in [0.05, 0.1) is 31.2 Å². The lowest BCUT2D eigenvalue weighted by Crippen LogP contribution is -2.40. The molecule has 0 unspecified atom stereocenters. The second-order valence-electron chi connectivity index (χ2n) is 7.81. The first-order valence-corrected chi connectivity index (χ1v) is 11.4. The number of carbonyl (C=O) groups excluding carboxylic acids is 2. The van der Waals surface area contributed by atoms with Crippen molar-refractivity contribution in [1.82, 2.24) is 15.1 Å². The number of nitrogens with zero attached hydrogens (tertiary/aromatic N) is 2. The third kappa shape index (κ3) is 4.67. The van der Waals surface area contributed by atoms with Crippen LogP contribution in [0.1, 0.15) is 27.6 Å². The summed E-state index contributed by atoms with van der Waals surface area (Å²) in [5.74, 6) is 0.394. The Labute approximate surface area is 180 Å². The summed E-state index contributed by atoms with van der Waals surface area (Å²) in [6, 6.07) is 8.28. The number of thiophene rings is 1. The summed E-state index contributed by atoms with van der Waals surface area (Å²) >= 11 is 1.60. The maximum atomic E-state index is 13.3. The van der Waals surface area contributed by atoms with Gasteiger partial charge in [0.25, 0.3) is 5.91 Å². The SMILES string of the molecule is COCCNC(=O)CN1CC[C@@H](c2c(C(=O)N3CCOCC3)sc3ccccc23)C1. The van der Waals surface area contributed by atoms with Crippen LogP contribution >= 0.6 is 11.3 Å². The molecule has 3 heterocycles. The van der Waals surface area contributed by atoms with Gasteiger partial charge in [-0.2, -0.15) is 0 Å². The Morgan fingerprint density at radius 2 is 2.03 bits per heavy atom. The van der Waals surface area contributed by atoms with E-state index in [4.69, 9.17) is 9.47 Å². The molecule has 2 aromatic rings. The van der Waals surface area contributed by atoms with Crippen molar-refractivity contribution in [3.05, 3.63) is 34.7 Å². The van der Waals surface area contributed by atoms with Crippen molar-refractivity contribution in [3.63, 3.8) is 0 Å². The molecule has 0 saturated carbocycles. The second-order valence-corrected chi connectivity index (χ2v) is 8.86. The molecule has 1 aromatic heterocycles. The van der Waals surface area contributed by atoms with E-state index in [1.807, 2.05) is 17.0 Å². The highest BCUT2D eigenvalue weighted by Crippen LogP contribution is 2.40. The summed E-state index contributed by atoms with van der Waals surface area (Å²) < 4.78 is 11.6. The number of carbonyl (C=O) groups is 2. The van der Waals surface area contributed by atoms with E-state index in [1.165, 1.54) is 5.39 Å². The molecule has 0 radical (unpaired) electrons. The number of hydrogen-bond acceptors (Lipinski definition) is 6. The van der Waals surface area contributed by atoms with Crippen molar-refractivity contribution >= 4 is 33.2 Å². The van der Waals surface area contributed by atoms with Gasteiger partial charge in [-0.05, 0) is 30.0 Å². The van der Waals surface area contributed by atoms with Crippen molar-refractivity contribution in [2.45, 2.75) is 12.3 Å². The van der Waals surface area contributed by atoms with E-state index in [2.05, 4.69) is 22.3 Å². The van der Waals surface area contributed by atoms with Crippen LogP contribution in [-0.4, -0.2) is 87.8 Å². The Bertz CT molecular complexity index is 894. The summed E-state index contributed by atoms with van der Waals surface area (Å²) in [7, 11) is 1.62. The Balaban J connectivity index is 1.52. The van der Waals surface area contributed by atoms with Gasteiger partial charge in [-0.1, -0.05) is 18.2 Å². The maximum absolute atomic E-state index is 13.3. The fourth-order valence-electron chi connectivity index (χ4n) is 4.30. The zero-order valence-corrected chi connectivity index (χ0v) is 18.2. The standard InChI is InChI=1S/C22H29N3O4S/c1-28-11-7-23-19(26)15-24-8-6-16(14-24)20-17-4-2-3-5-18(17)30-21(20)22(27)25-9-12-29-13-10-25/h2-5,16H,6-15H2,1H3,(H,23,26)/t16-/m1/s1. The Morgan fingerprint density at radius 1 is 1.23 bits per heavy atom. The predicted octanol–water partition coefficient (Wildman–Crippen LogP) is 1.93. The molecule has 1 N–H and O–H groups in total. The molecule has 2 amide bonds. The van der Waals surface area contributed by atoms with Crippen molar-refractivity contribution in [2.24, 2.45) is 0 Å². The van der Waals surface area contributed by atoms with Gasteiger partial charge < -0.3 is 19.7 Å². The van der Waals surface area contributed by atoms with Crippen LogP contribution in [-0.2, 0) is 14.3 Å². The largest absolute Gasteiger partial charge is 0.383 e. The molecule has 162 valence electrons. The molecule has 8 heteroatoms. The summed E-state index contributed by atoms with van der Waals surface area (Å²) in [5.41, 5.74) is 1.16. The first-order chi connectivity index (χ1) is 14.7. The Morgan fingerprint density at radius 3 is 2.83 bits per heavy atom. The van der Waals surface area contributed by atoms with Crippen molar-refractivity contribution in [1.29, 1.82) is 0 Å². The molecule has 7 nitrogen and oxygen atoms in total. The van der Waals surface area contributed by atoms with Crippen LogP contribution < -0.4 is 5.32 Å². The van der Waals surface area contributed by atoms with Gasteiger partial charge in [0.1, 0.15) is 0 Å².